The fraction of sp³-hybridized carbons (Fsp3) is 0.368. The quantitative estimate of drug-likeness (QED) is 0.187. The average Bonchev–Trinajstić information content (AvgIpc) is 3.76. The second kappa shape index (κ2) is 12.1. The Labute approximate surface area is 280 Å². The fourth-order valence-electron chi connectivity index (χ4n) is 8.34. The van der Waals surface area contributed by atoms with Crippen molar-refractivity contribution >= 4 is 41.8 Å². The van der Waals surface area contributed by atoms with Gasteiger partial charge in [0, 0.05) is 23.3 Å². The summed E-state index contributed by atoms with van der Waals surface area (Å²) in [7, 11) is -2.97. The Bertz CT molecular complexity index is 1690. The van der Waals surface area contributed by atoms with Crippen LogP contribution < -0.4 is 10.4 Å². The zero-order chi connectivity index (χ0) is 33.0. The van der Waals surface area contributed by atoms with Gasteiger partial charge in [-0.25, -0.2) is 0 Å². The van der Waals surface area contributed by atoms with E-state index in [0.717, 1.165) is 20.8 Å². The van der Waals surface area contributed by atoms with Crippen molar-refractivity contribution in [1.29, 1.82) is 0 Å². The second-order valence-corrected chi connectivity index (χ2v) is 19.5. The van der Waals surface area contributed by atoms with Gasteiger partial charge in [0.2, 0.25) is 11.8 Å². The number of fused-ring (bicyclic) bond motifs is 3. The smallest absolute Gasteiger partial charge is 0.261 e. The average molecular weight is 668 g/mol. The van der Waals surface area contributed by atoms with Gasteiger partial charge >= 0.3 is 0 Å². The first-order chi connectivity index (χ1) is 22.5. The lowest BCUT2D eigenvalue weighted by atomic mass is 9.64. The zero-order valence-corrected chi connectivity index (χ0v) is 28.7. The van der Waals surface area contributed by atoms with Crippen LogP contribution in [0.4, 0.5) is 0 Å². The number of thiophene rings is 1. The molecular formula is C38H41NO6SSi. The predicted molar refractivity (Wildman–Crippen MR) is 184 cm³/mol. The third-order valence-electron chi connectivity index (χ3n) is 10.5. The summed E-state index contributed by atoms with van der Waals surface area (Å²) in [5.41, 5.74) is 0.807. The van der Waals surface area contributed by atoms with Crippen molar-refractivity contribution in [2.45, 2.75) is 57.1 Å². The molecule has 3 aromatic carbocycles. The van der Waals surface area contributed by atoms with E-state index in [4.69, 9.17) is 9.16 Å². The monoisotopic (exact) mass is 667 g/mol. The van der Waals surface area contributed by atoms with E-state index in [1.54, 1.807) is 24.3 Å². The van der Waals surface area contributed by atoms with Gasteiger partial charge in [0.15, 0.2) is 5.79 Å². The van der Waals surface area contributed by atoms with Crippen molar-refractivity contribution in [3.8, 4) is 5.75 Å². The summed E-state index contributed by atoms with van der Waals surface area (Å²) in [6.07, 6.45) is 0.155. The highest BCUT2D eigenvalue weighted by atomic mass is 32.1. The van der Waals surface area contributed by atoms with Gasteiger partial charge in [-0.1, -0.05) is 99.6 Å². The third kappa shape index (κ3) is 5.38. The van der Waals surface area contributed by atoms with Gasteiger partial charge in [-0.2, -0.15) is 0 Å². The minimum atomic E-state index is -2.97. The van der Waals surface area contributed by atoms with Crippen LogP contribution in [0.2, 0.25) is 5.04 Å². The molecule has 0 radical (unpaired) electrons. The van der Waals surface area contributed by atoms with Gasteiger partial charge in [-0.15, -0.1) is 11.3 Å². The van der Waals surface area contributed by atoms with Gasteiger partial charge in [-0.05, 0) is 57.4 Å². The minimum absolute atomic E-state index is 0.139. The molecule has 7 rings (SSSR count). The number of phenols is 1. The fourth-order valence-corrected chi connectivity index (χ4v) is 13.6. The predicted octanol–water partition coefficient (Wildman–Crippen LogP) is 5.62. The van der Waals surface area contributed by atoms with Crippen LogP contribution in [0.25, 0.3) is 0 Å². The maximum atomic E-state index is 14.1. The van der Waals surface area contributed by atoms with E-state index < -0.39 is 43.9 Å². The molecule has 1 aliphatic carbocycles. The van der Waals surface area contributed by atoms with Crippen LogP contribution in [0.15, 0.2) is 102 Å². The van der Waals surface area contributed by atoms with Gasteiger partial charge in [-0.3, -0.25) is 14.5 Å². The molecule has 9 heteroatoms. The van der Waals surface area contributed by atoms with Gasteiger partial charge in [0.05, 0.1) is 24.5 Å². The standard InChI is InChI=1S/C38H41NO6SSi/c1-37(2,3)47(29-12-6-4-7-13-29,30-14-8-5-9-15-30)44-24-26-21-31-34(36(42)39(35(31)41)23-28-11-10-20-46-28)32-22-33(45-38(26,32)43)25-16-18-27(40)19-17-25/h4-20,26,31-34,40,43H,21-24H2,1-3H3/t26-,31+,32+,33+,34+,38-/m1/s1. The van der Waals surface area contributed by atoms with E-state index >= 15 is 0 Å². The Balaban J connectivity index is 1.28. The minimum Gasteiger partial charge on any atom is -0.508 e. The molecular weight excluding hydrogens is 627 g/mol. The number of likely N-dealkylation sites (tertiary alicyclic amines) is 1. The number of amides is 2. The largest absolute Gasteiger partial charge is 0.508 e. The first-order valence-electron chi connectivity index (χ1n) is 16.3. The number of nitrogens with zero attached hydrogens (tertiary/aromatic N) is 1. The Morgan fingerprint density at radius 3 is 2.11 bits per heavy atom. The van der Waals surface area contributed by atoms with E-state index in [0.29, 0.717) is 6.42 Å². The number of hydrogen-bond donors (Lipinski definition) is 2. The summed E-state index contributed by atoms with van der Waals surface area (Å²) >= 11 is 1.52. The van der Waals surface area contributed by atoms with Crippen molar-refractivity contribution < 1.29 is 29.0 Å². The maximum absolute atomic E-state index is 14.1. The number of aliphatic hydroxyl groups is 1. The topological polar surface area (TPSA) is 96.3 Å². The maximum Gasteiger partial charge on any atom is 0.261 e. The van der Waals surface area contributed by atoms with Crippen LogP contribution in [-0.4, -0.2) is 47.6 Å². The summed E-state index contributed by atoms with van der Waals surface area (Å²) in [6.45, 7) is 7.03. The highest BCUT2D eigenvalue weighted by Crippen LogP contribution is 2.58. The summed E-state index contributed by atoms with van der Waals surface area (Å²) in [6, 6.07) is 31.3. The number of rotatable bonds is 8. The lowest BCUT2D eigenvalue weighted by Crippen LogP contribution is -2.67. The van der Waals surface area contributed by atoms with Gasteiger partial charge in [0.1, 0.15) is 5.75 Å². The summed E-state index contributed by atoms with van der Waals surface area (Å²) < 4.78 is 13.9. The van der Waals surface area contributed by atoms with Crippen LogP contribution in [0.3, 0.4) is 0 Å². The molecule has 0 spiro atoms. The molecule has 3 aliphatic rings. The lowest BCUT2D eigenvalue weighted by molar-refractivity contribution is -0.273. The molecule has 47 heavy (non-hydrogen) atoms. The number of carbonyl (C=O) groups is 2. The molecule has 7 nitrogen and oxygen atoms in total. The Kier molecular flexibility index (Phi) is 8.25. The molecule has 0 unspecified atom stereocenters. The van der Waals surface area contributed by atoms with Crippen molar-refractivity contribution in [1.82, 2.24) is 4.90 Å². The Morgan fingerprint density at radius 1 is 0.894 bits per heavy atom. The van der Waals surface area contributed by atoms with E-state index in [2.05, 4.69) is 45.0 Å². The third-order valence-corrected chi connectivity index (χ3v) is 16.4. The van der Waals surface area contributed by atoms with Crippen LogP contribution in [0.5, 0.6) is 5.75 Å². The van der Waals surface area contributed by atoms with Crippen molar-refractivity contribution in [2.24, 2.45) is 23.7 Å². The van der Waals surface area contributed by atoms with Crippen LogP contribution in [0, 0.1) is 23.7 Å². The Hall–Kier alpha value is -3.60. The molecule has 1 aromatic heterocycles. The summed E-state index contributed by atoms with van der Waals surface area (Å²) in [5, 5.41) is 26.5. The van der Waals surface area contributed by atoms with E-state index in [1.165, 1.54) is 16.2 Å². The molecule has 2 N–H and O–H groups in total. The number of hydrogen-bond acceptors (Lipinski definition) is 7. The van der Waals surface area contributed by atoms with Crippen LogP contribution in [0.1, 0.15) is 50.2 Å². The van der Waals surface area contributed by atoms with Crippen molar-refractivity contribution in [2.75, 3.05) is 6.61 Å². The molecule has 244 valence electrons. The second-order valence-electron chi connectivity index (χ2n) is 14.2. The van der Waals surface area contributed by atoms with Crippen LogP contribution >= 0.6 is 11.3 Å². The van der Waals surface area contributed by atoms with Crippen molar-refractivity contribution in [3.63, 3.8) is 0 Å². The number of benzene rings is 3. The SMILES string of the molecule is CC(C)(C)[Si](OC[C@H]1C[C@@H]2C(=O)N(Cc3cccs3)C(=O)[C@@H]2[C@@H]2C[C@@H](c3ccc(O)cc3)O[C@]12O)(c1ccccc1)c1ccccc1. The van der Waals surface area contributed by atoms with E-state index in [9.17, 15) is 19.8 Å². The number of carbonyl (C=O) groups excluding carboxylic acids is 2. The molecule has 3 fully saturated rings. The summed E-state index contributed by atoms with van der Waals surface area (Å²) in [5.74, 6) is -4.38. The number of ether oxygens (including phenoxy) is 1. The summed E-state index contributed by atoms with van der Waals surface area (Å²) in [4.78, 5) is 30.4. The molecule has 4 aromatic rings. The molecule has 0 bridgehead atoms. The van der Waals surface area contributed by atoms with Crippen molar-refractivity contribution in [3.05, 3.63) is 113 Å². The van der Waals surface area contributed by atoms with Gasteiger partial charge in [0.25, 0.3) is 8.32 Å². The highest BCUT2D eigenvalue weighted by molar-refractivity contribution is 7.09. The first kappa shape index (κ1) is 32.0. The number of imide groups is 1. The van der Waals surface area contributed by atoms with Gasteiger partial charge < -0.3 is 19.4 Å². The molecule has 2 amide bonds. The highest BCUT2D eigenvalue weighted by Gasteiger charge is 2.67. The van der Waals surface area contributed by atoms with E-state index in [-0.39, 0.29) is 42.2 Å². The van der Waals surface area contributed by atoms with Crippen LogP contribution in [-0.2, 0) is 25.3 Å². The molecule has 2 saturated heterocycles. The molecule has 1 saturated carbocycles. The molecule has 6 atom stereocenters. The molecule has 3 heterocycles. The normalized spacial score (nSPS) is 27.6. The number of aromatic hydroxyl groups is 1. The Morgan fingerprint density at radius 2 is 1.53 bits per heavy atom. The number of phenolic OH excluding ortho intramolecular Hbond substituents is 1. The zero-order valence-electron chi connectivity index (χ0n) is 26.9. The first-order valence-corrected chi connectivity index (χ1v) is 19.1. The van der Waals surface area contributed by atoms with E-state index in [1.807, 2.05) is 53.9 Å². The lowest BCUT2D eigenvalue weighted by Gasteiger charge is -2.48. The molecule has 2 aliphatic heterocycles.